The second-order valence-corrected chi connectivity index (χ2v) is 10.3. The molecule has 4 heteroatoms. The molecule has 0 bridgehead atoms. The predicted molar refractivity (Wildman–Crippen MR) is 124 cm³/mol. The molecule has 0 fully saturated rings. The van der Waals surface area contributed by atoms with E-state index in [1.807, 2.05) is 30.3 Å². The summed E-state index contributed by atoms with van der Waals surface area (Å²) in [4.78, 5) is 4.82. The zero-order chi connectivity index (χ0) is 21.6. The summed E-state index contributed by atoms with van der Waals surface area (Å²) in [6.07, 6.45) is 0. The lowest BCUT2D eigenvalue weighted by molar-refractivity contribution is 0.446. The number of phenols is 1. The van der Waals surface area contributed by atoms with Crippen LogP contribution < -0.4 is 0 Å². The predicted octanol–water partition coefficient (Wildman–Crippen LogP) is 8.02. The number of halogens is 2. The van der Waals surface area contributed by atoms with Crippen LogP contribution in [0.5, 0.6) is 5.75 Å². The molecule has 0 amide bonds. The molecule has 3 aromatic rings. The molecule has 0 unspecified atom stereocenters. The van der Waals surface area contributed by atoms with Gasteiger partial charge >= 0.3 is 0 Å². The van der Waals surface area contributed by atoms with Gasteiger partial charge in [-0.05, 0) is 52.8 Å². The van der Waals surface area contributed by atoms with Crippen LogP contribution in [0, 0.1) is 0 Å². The van der Waals surface area contributed by atoms with Gasteiger partial charge in [0, 0.05) is 21.7 Å². The Morgan fingerprint density at radius 3 is 1.97 bits per heavy atom. The summed E-state index contributed by atoms with van der Waals surface area (Å²) < 4.78 is 0. The summed E-state index contributed by atoms with van der Waals surface area (Å²) >= 11 is 12.5. The van der Waals surface area contributed by atoms with E-state index in [1.54, 1.807) is 12.1 Å². The third-order valence-electron chi connectivity index (χ3n) is 5.01. The molecule has 152 valence electrons. The summed E-state index contributed by atoms with van der Waals surface area (Å²) in [5, 5.41) is 12.3. The first-order valence-electron chi connectivity index (χ1n) is 9.69. The second-order valence-electron chi connectivity index (χ2n) is 9.45. The average Bonchev–Trinajstić information content (AvgIpc) is 2.62. The molecule has 0 aliphatic carbocycles. The van der Waals surface area contributed by atoms with Crippen molar-refractivity contribution in [1.29, 1.82) is 0 Å². The van der Waals surface area contributed by atoms with Gasteiger partial charge in [-0.15, -0.1) is 0 Å². The Hall–Kier alpha value is -2.03. The van der Waals surface area contributed by atoms with Gasteiger partial charge < -0.3 is 5.11 Å². The van der Waals surface area contributed by atoms with Crippen molar-refractivity contribution in [2.24, 2.45) is 0 Å². The maximum Gasteiger partial charge on any atom is 0.128 e. The Balaban J connectivity index is 2.25. The quantitative estimate of drug-likeness (QED) is 0.448. The van der Waals surface area contributed by atoms with Crippen LogP contribution in [0.2, 0.25) is 10.0 Å². The van der Waals surface area contributed by atoms with Crippen LogP contribution in [-0.2, 0) is 10.8 Å². The standard InChI is InChI=1S/C25H27Cl2NO/c1-24(2,3)15-12-18(23(29)19(13-15)25(4,5)6)22-9-7-8-21(28-22)17-14-16(26)10-11-20(17)27/h7-14,29H,1-6H3. The van der Waals surface area contributed by atoms with Crippen LogP contribution in [0.15, 0.2) is 48.5 Å². The summed E-state index contributed by atoms with van der Waals surface area (Å²) in [7, 11) is 0. The van der Waals surface area contributed by atoms with Gasteiger partial charge in [0.25, 0.3) is 0 Å². The van der Waals surface area contributed by atoms with Crippen LogP contribution >= 0.6 is 23.2 Å². The highest BCUT2D eigenvalue weighted by Gasteiger charge is 2.26. The molecule has 0 atom stereocenters. The number of hydrogen-bond donors (Lipinski definition) is 1. The molecule has 0 aliphatic rings. The molecule has 1 N–H and O–H groups in total. The Kier molecular flexibility index (Phi) is 5.73. The van der Waals surface area contributed by atoms with E-state index in [4.69, 9.17) is 28.2 Å². The van der Waals surface area contributed by atoms with Crippen LogP contribution in [-0.4, -0.2) is 10.1 Å². The smallest absolute Gasteiger partial charge is 0.128 e. The van der Waals surface area contributed by atoms with Crippen LogP contribution in [0.1, 0.15) is 52.7 Å². The van der Waals surface area contributed by atoms with Crippen LogP contribution in [0.4, 0.5) is 0 Å². The fourth-order valence-electron chi connectivity index (χ4n) is 3.26. The number of benzene rings is 2. The number of rotatable bonds is 2. The van der Waals surface area contributed by atoms with Gasteiger partial charge in [0.1, 0.15) is 5.75 Å². The first-order valence-corrected chi connectivity index (χ1v) is 10.4. The third-order valence-corrected chi connectivity index (χ3v) is 5.58. The van der Waals surface area contributed by atoms with Crippen molar-refractivity contribution in [2.45, 2.75) is 52.4 Å². The third kappa shape index (κ3) is 4.60. The van der Waals surface area contributed by atoms with E-state index in [9.17, 15) is 5.11 Å². The van der Waals surface area contributed by atoms with Crippen molar-refractivity contribution < 1.29 is 5.11 Å². The lowest BCUT2D eigenvalue weighted by Gasteiger charge is -2.27. The van der Waals surface area contributed by atoms with E-state index in [-0.39, 0.29) is 16.6 Å². The topological polar surface area (TPSA) is 33.1 Å². The van der Waals surface area contributed by atoms with E-state index in [0.717, 1.165) is 22.3 Å². The lowest BCUT2D eigenvalue weighted by Crippen LogP contribution is -2.17. The number of aromatic hydroxyl groups is 1. The molecule has 3 rings (SSSR count). The number of phenolic OH excluding ortho intramolecular Hbond substituents is 1. The lowest BCUT2D eigenvalue weighted by atomic mass is 9.78. The van der Waals surface area contributed by atoms with E-state index in [0.29, 0.717) is 21.4 Å². The first-order chi connectivity index (χ1) is 13.4. The maximum absolute atomic E-state index is 11.1. The van der Waals surface area contributed by atoms with E-state index in [1.165, 1.54) is 0 Å². The number of aromatic nitrogens is 1. The Labute approximate surface area is 183 Å². The van der Waals surface area contributed by atoms with Gasteiger partial charge in [-0.3, -0.25) is 0 Å². The first kappa shape index (κ1) is 21.7. The van der Waals surface area contributed by atoms with Crippen molar-refractivity contribution in [1.82, 2.24) is 4.98 Å². The largest absolute Gasteiger partial charge is 0.507 e. The molecule has 29 heavy (non-hydrogen) atoms. The minimum absolute atomic E-state index is 0.0592. The summed E-state index contributed by atoms with van der Waals surface area (Å²) in [6.45, 7) is 12.8. The number of pyridine rings is 1. The maximum atomic E-state index is 11.1. The van der Waals surface area contributed by atoms with E-state index >= 15 is 0 Å². The molecule has 0 aliphatic heterocycles. The molecule has 0 radical (unpaired) electrons. The molecule has 2 nitrogen and oxygen atoms in total. The van der Waals surface area contributed by atoms with Gasteiger partial charge in [-0.1, -0.05) is 76.9 Å². The van der Waals surface area contributed by atoms with E-state index < -0.39 is 0 Å². The summed E-state index contributed by atoms with van der Waals surface area (Å²) in [5.74, 6) is 0.271. The average molecular weight is 428 g/mol. The molecule has 1 aromatic heterocycles. The summed E-state index contributed by atoms with van der Waals surface area (Å²) in [5.41, 5.74) is 4.71. The van der Waals surface area contributed by atoms with Crippen LogP contribution in [0.3, 0.4) is 0 Å². The highest BCUT2D eigenvalue weighted by atomic mass is 35.5. The number of nitrogens with zero attached hydrogens (tertiary/aromatic N) is 1. The minimum atomic E-state index is -0.200. The Morgan fingerprint density at radius 1 is 0.759 bits per heavy atom. The van der Waals surface area contributed by atoms with Crippen molar-refractivity contribution in [3.8, 4) is 28.3 Å². The normalized spacial score (nSPS) is 12.3. The highest BCUT2D eigenvalue weighted by molar-refractivity contribution is 6.35. The highest BCUT2D eigenvalue weighted by Crippen LogP contribution is 2.42. The van der Waals surface area contributed by atoms with Gasteiger partial charge in [0.05, 0.1) is 16.4 Å². The molecule has 0 saturated heterocycles. The van der Waals surface area contributed by atoms with Gasteiger partial charge in [-0.2, -0.15) is 0 Å². The van der Waals surface area contributed by atoms with Crippen LogP contribution in [0.25, 0.3) is 22.5 Å². The van der Waals surface area contributed by atoms with Gasteiger partial charge in [0.2, 0.25) is 0 Å². The second kappa shape index (κ2) is 7.66. The fraction of sp³-hybridized carbons (Fsp3) is 0.320. The van der Waals surface area contributed by atoms with Gasteiger partial charge in [0.15, 0.2) is 0 Å². The Bertz CT molecular complexity index is 1060. The molecule has 0 spiro atoms. The zero-order valence-electron chi connectivity index (χ0n) is 17.8. The molecular weight excluding hydrogens is 401 g/mol. The minimum Gasteiger partial charge on any atom is -0.507 e. The zero-order valence-corrected chi connectivity index (χ0v) is 19.3. The van der Waals surface area contributed by atoms with Crippen molar-refractivity contribution in [3.05, 3.63) is 69.7 Å². The molecular formula is C25H27Cl2NO. The monoisotopic (exact) mass is 427 g/mol. The van der Waals surface area contributed by atoms with Crippen molar-refractivity contribution in [2.75, 3.05) is 0 Å². The fourth-order valence-corrected chi connectivity index (χ4v) is 3.65. The van der Waals surface area contributed by atoms with Crippen molar-refractivity contribution in [3.63, 3.8) is 0 Å². The summed E-state index contributed by atoms with van der Waals surface area (Å²) in [6, 6.07) is 15.2. The Morgan fingerprint density at radius 2 is 1.38 bits per heavy atom. The van der Waals surface area contributed by atoms with Crippen molar-refractivity contribution >= 4 is 23.2 Å². The number of hydrogen-bond acceptors (Lipinski definition) is 2. The SMILES string of the molecule is CC(C)(C)c1cc(-c2cccc(-c3cc(Cl)ccc3Cl)n2)c(O)c(C(C)(C)C)c1. The molecule has 0 saturated carbocycles. The molecule has 1 heterocycles. The molecule has 2 aromatic carbocycles. The van der Waals surface area contributed by atoms with E-state index in [2.05, 4.69) is 47.6 Å². The van der Waals surface area contributed by atoms with Gasteiger partial charge in [-0.25, -0.2) is 4.98 Å².